The molecular weight excluding hydrogens is 296 g/mol. The van der Waals surface area contributed by atoms with E-state index in [1.54, 1.807) is 0 Å². The van der Waals surface area contributed by atoms with Crippen molar-refractivity contribution >= 4 is 22.6 Å². The smallest absolute Gasteiger partial charge is 0.244 e. The summed E-state index contributed by atoms with van der Waals surface area (Å²) in [5.41, 5.74) is -1.48. The van der Waals surface area contributed by atoms with E-state index in [0.29, 0.717) is 0 Å². The number of nitriles is 1. The molecule has 0 N–H and O–H groups in total. The van der Waals surface area contributed by atoms with Crippen LogP contribution in [0.1, 0.15) is 17.7 Å². The molecular formula is C7H2F3IN2. The molecule has 0 aliphatic carbocycles. The quantitative estimate of drug-likeness (QED) is 0.747. The Morgan fingerprint density at radius 1 is 1.54 bits per heavy atom. The molecule has 0 saturated heterocycles. The van der Waals surface area contributed by atoms with Gasteiger partial charge in [-0.15, -0.1) is 0 Å². The van der Waals surface area contributed by atoms with Gasteiger partial charge in [-0.1, -0.05) is 0 Å². The first-order chi connectivity index (χ1) is 6.07. The summed E-state index contributed by atoms with van der Waals surface area (Å²) in [6, 6.07) is 1.41. The average molecular weight is 298 g/mol. The van der Waals surface area contributed by atoms with Gasteiger partial charge >= 0.3 is 0 Å². The van der Waals surface area contributed by atoms with Gasteiger partial charge in [0.1, 0.15) is 11.9 Å². The molecule has 0 unspecified atom stereocenters. The van der Waals surface area contributed by atoms with Gasteiger partial charge in [-0.3, -0.25) is 0 Å². The molecule has 0 aromatic carbocycles. The Labute approximate surface area is 85.5 Å². The van der Waals surface area contributed by atoms with Crippen molar-refractivity contribution in [3.05, 3.63) is 26.8 Å². The lowest BCUT2D eigenvalue weighted by Crippen LogP contribution is -2.01. The van der Waals surface area contributed by atoms with Crippen LogP contribution in [0.4, 0.5) is 13.2 Å². The van der Waals surface area contributed by atoms with E-state index < -0.39 is 23.5 Å². The molecule has 1 rings (SSSR count). The number of pyridine rings is 1. The maximum atomic E-state index is 13.0. The van der Waals surface area contributed by atoms with Gasteiger partial charge < -0.3 is 0 Å². The lowest BCUT2D eigenvalue weighted by atomic mass is 10.2. The van der Waals surface area contributed by atoms with Crippen LogP contribution in [-0.4, -0.2) is 4.98 Å². The predicted molar refractivity (Wildman–Crippen MR) is 46.6 cm³/mol. The van der Waals surface area contributed by atoms with Gasteiger partial charge in [-0.25, -0.2) is 18.2 Å². The molecule has 0 spiro atoms. The van der Waals surface area contributed by atoms with E-state index in [2.05, 4.69) is 4.98 Å². The van der Waals surface area contributed by atoms with E-state index in [0.717, 1.165) is 6.20 Å². The zero-order chi connectivity index (χ0) is 10.0. The second-order valence-electron chi connectivity index (χ2n) is 2.09. The third kappa shape index (κ3) is 1.91. The molecule has 2 nitrogen and oxygen atoms in total. The minimum Gasteiger partial charge on any atom is -0.244 e. The topological polar surface area (TPSA) is 36.7 Å². The van der Waals surface area contributed by atoms with Crippen LogP contribution in [0.2, 0.25) is 0 Å². The minimum absolute atomic E-state index is 0.0214. The summed E-state index contributed by atoms with van der Waals surface area (Å²) in [5.74, 6) is -1.07. The number of rotatable bonds is 1. The standard InChI is InChI=1S/C7H2F3IN2/c8-6-3(11)2-13-4(1-12)5(6)7(9)10/h2,7H. The molecule has 0 aliphatic heterocycles. The summed E-state index contributed by atoms with van der Waals surface area (Å²) in [5, 5.41) is 8.37. The fraction of sp³-hybridized carbons (Fsp3) is 0.143. The fourth-order valence-electron chi connectivity index (χ4n) is 0.768. The number of nitrogens with zero attached hydrogens (tertiary/aromatic N) is 2. The Morgan fingerprint density at radius 2 is 2.15 bits per heavy atom. The molecule has 0 radical (unpaired) electrons. The average Bonchev–Trinajstić information content (AvgIpc) is 2.08. The van der Waals surface area contributed by atoms with Gasteiger partial charge in [0.15, 0.2) is 5.69 Å². The lowest BCUT2D eigenvalue weighted by molar-refractivity contribution is 0.145. The van der Waals surface area contributed by atoms with E-state index in [1.165, 1.54) is 28.7 Å². The predicted octanol–water partition coefficient (Wildman–Crippen LogP) is 2.63. The molecule has 6 heteroatoms. The monoisotopic (exact) mass is 298 g/mol. The van der Waals surface area contributed by atoms with Gasteiger partial charge in [0.05, 0.1) is 9.13 Å². The third-order valence-electron chi connectivity index (χ3n) is 1.33. The van der Waals surface area contributed by atoms with Crippen LogP contribution in [0.3, 0.4) is 0 Å². The van der Waals surface area contributed by atoms with Gasteiger partial charge in [-0.05, 0) is 22.6 Å². The maximum absolute atomic E-state index is 13.0. The van der Waals surface area contributed by atoms with Crippen molar-refractivity contribution in [2.75, 3.05) is 0 Å². The summed E-state index contributed by atoms with van der Waals surface area (Å²) in [6.07, 6.45) is -1.97. The van der Waals surface area contributed by atoms with Crippen LogP contribution in [0.25, 0.3) is 0 Å². The molecule has 1 aromatic heterocycles. The fourth-order valence-corrected chi connectivity index (χ4v) is 1.20. The van der Waals surface area contributed by atoms with Gasteiger partial charge in [0, 0.05) is 6.20 Å². The van der Waals surface area contributed by atoms with Crippen LogP contribution in [0.15, 0.2) is 6.20 Å². The first-order valence-electron chi connectivity index (χ1n) is 3.10. The van der Waals surface area contributed by atoms with Crippen molar-refractivity contribution in [3.8, 4) is 6.07 Å². The van der Waals surface area contributed by atoms with Gasteiger partial charge in [-0.2, -0.15) is 5.26 Å². The minimum atomic E-state index is -3.02. The Hall–Kier alpha value is -0.840. The van der Waals surface area contributed by atoms with Crippen molar-refractivity contribution in [2.45, 2.75) is 6.43 Å². The number of alkyl halides is 2. The Balaban J connectivity index is 3.43. The molecule has 68 valence electrons. The number of halogens is 4. The van der Waals surface area contributed by atoms with E-state index in [1.807, 2.05) is 0 Å². The van der Waals surface area contributed by atoms with Crippen LogP contribution in [-0.2, 0) is 0 Å². The summed E-state index contributed by atoms with van der Waals surface area (Å²) in [6.45, 7) is 0. The molecule has 1 aromatic rings. The van der Waals surface area contributed by atoms with Crippen molar-refractivity contribution in [1.29, 1.82) is 5.26 Å². The Morgan fingerprint density at radius 3 is 2.62 bits per heavy atom. The second kappa shape index (κ2) is 3.91. The highest BCUT2D eigenvalue weighted by atomic mass is 127. The summed E-state index contributed by atoms with van der Waals surface area (Å²) in [7, 11) is 0. The van der Waals surface area contributed by atoms with Gasteiger partial charge in [0.25, 0.3) is 6.43 Å². The van der Waals surface area contributed by atoms with Crippen LogP contribution in [0, 0.1) is 20.7 Å². The number of aromatic nitrogens is 1. The second-order valence-corrected chi connectivity index (χ2v) is 3.26. The van der Waals surface area contributed by atoms with E-state index in [4.69, 9.17) is 5.26 Å². The van der Waals surface area contributed by atoms with Crippen molar-refractivity contribution < 1.29 is 13.2 Å². The zero-order valence-electron chi connectivity index (χ0n) is 6.06. The Bertz CT molecular complexity index is 373. The van der Waals surface area contributed by atoms with E-state index in [9.17, 15) is 13.2 Å². The molecule has 0 bridgehead atoms. The molecule has 13 heavy (non-hydrogen) atoms. The maximum Gasteiger partial charge on any atom is 0.269 e. The molecule has 0 fully saturated rings. The lowest BCUT2D eigenvalue weighted by Gasteiger charge is -2.03. The van der Waals surface area contributed by atoms with Crippen LogP contribution in [0.5, 0.6) is 0 Å². The molecule has 0 atom stereocenters. The number of hydrogen-bond acceptors (Lipinski definition) is 2. The van der Waals surface area contributed by atoms with Crippen molar-refractivity contribution in [3.63, 3.8) is 0 Å². The first kappa shape index (κ1) is 10.2. The molecule has 0 saturated carbocycles. The summed E-state index contributed by atoms with van der Waals surface area (Å²) in [4.78, 5) is 3.39. The molecule has 0 amide bonds. The summed E-state index contributed by atoms with van der Waals surface area (Å²) < 4.78 is 37.4. The largest absolute Gasteiger partial charge is 0.269 e. The van der Waals surface area contributed by atoms with Gasteiger partial charge in [0.2, 0.25) is 0 Å². The summed E-state index contributed by atoms with van der Waals surface area (Å²) >= 11 is 1.54. The van der Waals surface area contributed by atoms with Crippen LogP contribution >= 0.6 is 22.6 Å². The van der Waals surface area contributed by atoms with E-state index in [-0.39, 0.29) is 3.57 Å². The Kier molecular flexibility index (Phi) is 3.08. The highest BCUT2D eigenvalue weighted by molar-refractivity contribution is 14.1. The molecule has 0 aliphatic rings. The van der Waals surface area contributed by atoms with E-state index >= 15 is 0 Å². The highest BCUT2D eigenvalue weighted by Gasteiger charge is 2.21. The zero-order valence-corrected chi connectivity index (χ0v) is 8.22. The SMILES string of the molecule is N#Cc1ncc(I)c(F)c1C(F)F. The number of hydrogen-bond donors (Lipinski definition) is 0. The normalized spacial score (nSPS) is 10.2. The third-order valence-corrected chi connectivity index (χ3v) is 2.08. The highest BCUT2D eigenvalue weighted by Crippen LogP contribution is 2.26. The van der Waals surface area contributed by atoms with Crippen molar-refractivity contribution in [1.82, 2.24) is 4.98 Å². The van der Waals surface area contributed by atoms with Crippen LogP contribution < -0.4 is 0 Å². The van der Waals surface area contributed by atoms with Crippen molar-refractivity contribution in [2.24, 2.45) is 0 Å². The molecule has 1 heterocycles. The first-order valence-corrected chi connectivity index (χ1v) is 4.18.